The van der Waals surface area contributed by atoms with Crippen LogP contribution >= 0.6 is 11.8 Å². The summed E-state index contributed by atoms with van der Waals surface area (Å²) in [5, 5.41) is 9.76. The fourth-order valence-corrected chi connectivity index (χ4v) is 4.01. The van der Waals surface area contributed by atoms with Gasteiger partial charge >= 0.3 is 0 Å². The molecule has 0 amide bonds. The number of benzene rings is 1. The van der Waals surface area contributed by atoms with E-state index in [9.17, 15) is 0 Å². The maximum absolute atomic E-state index is 5.98. The Kier molecular flexibility index (Phi) is 5.45. The molecule has 0 bridgehead atoms. The molecule has 0 radical (unpaired) electrons. The van der Waals surface area contributed by atoms with Gasteiger partial charge in [0.15, 0.2) is 10.9 Å². The minimum absolute atomic E-state index is 0.0366. The second-order valence-corrected chi connectivity index (χ2v) is 7.62. The molecule has 1 fully saturated rings. The van der Waals surface area contributed by atoms with Crippen molar-refractivity contribution in [2.75, 3.05) is 31.2 Å². The first kappa shape index (κ1) is 18.1. The van der Waals surface area contributed by atoms with Crippen LogP contribution in [0, 0.1) is 0 Å². The van der Waals surface area contributed by atoms with Crippen LogP contribution in [0.5, 0.6) is 0 Å². The van der Waals surface area contributed by atoms with E-state index in [-0.39, 0.29) is 5.25 Å². The maximum atomic E-state index is 5.98. The van der Waals surface area contributed by atoms with Gasteiger partial charge in [-0.05, 0) is 13.8 Å². The number of hydrogen-bond donors (Lipinski definition) is 0. The fourth-order valence-electron chi connectivity index (χ4n) is 3.06. The van der Waals surface area contributed by atoms with E-state index in [1.807, 2.05) is 30.3 Å². The van der Waals surface area contributed by atoms with Gasteiger partial charge in [0.1, 0.15) is 0 Å². The van der Waals surface area contributed by atoms with Gasteiger partial charge in [-0.2, -0.15) is 0 Å². The minimum Gasteiger partial charge on any atom is -0.440 e. The van der Waals surface area contributed by atoms with Crippen molar-refractivity contribution in [2.24, 2.45) is 0 Å². The lowest BCUT2D eigenvalue weighted by molar-refractivity contribution is 0.121. The smallest absolute Gasteiger partial charge is 0.228 e. The molecule has 1 unspecified atom stereocenters. The Bertz CT molecular complexity index is 873. The van der Waals surface area contributed by atoms with E-state index < -0.39 is 0 Å². The maximum Gasteiger partial charge on any atom is 0.228 e. The summed E-state index contributed by atoms with van der Waals surface area (Å²) < 4.78 is 13.6. The van der Waals surface area contributed by atoms with E-state index in [0.29, 0.717) is 5.89 Å². The van der Waals surface area contributed by atoms with Crippen LogP contribution in [-0.2, 0) is 11.3 Å². The van der Waals surface area contributed by atoms with Gasteiger partial charge in [-0.15, -0.1) is 10.2 Å². The van der Waals surface area contributed by atoms with Crippen LogP contribution < -0.4 is 4.90 Å². The lowest BCUT2D eigenvalue weighted by atomic mass is 10.2. The third-order valence-electron chi connectivity index (χ3n) is 4.52. The van der Waals surface area contributed by atoms with Gasteiger partial charge in [-0.1, -0.05) is 42.1 Å². The largest absolute Gasteiger partial charge is 0.440 e. The van der Waals surface area contributed by atoms with E-state index in [1.54, 1.807) is 18.0 Å². The van der Waals surface area contributed by atoms with Crippen molar-refractivity contribution in [3.63, 3.8) is 0 Å². The van der Waals surface area contributed by atoms with Crippen LogP contribution in [0.4, 0.5) is 5.95 Å². The molecule has 0 saturated carbocycles. The summed E-state index contributed by atoms with van der Waals surface area (Å²) in [5.74, 6) is 2.38. The molecule has 1 aliphatic rings. The van der Waals surface area contributed by atoms with E-state index >= 15 is 0 Å². The molecule has 0 spiro atoms. The molecule has 3 aromatic rings. The monoisotopic (exact) mass is 385 g/mol. The highest BCUT2D eigenvalue weighted by atomic mass is 32.2. The van der Waals surface area contributed by atoms with Crippen LogP contribution in [-0.4, -0.2) is 46.1 Å². The number of rotatable bonds is 6. The molecule has 4 rings (SSSR count). The number of ether oxygens (including phenoxy) is 1. The summed E-state index contributed by atoms with van der Waals surface area (Å²) in [7, 11) is 0. The lowest BCUT2D eigenvalue weighted by Crippen LogP contribution is -2.38. The van der Waals surface area contributed by atoms with E-state index in [4.69, 9.17) is 9.15 Å². The van der Waals surface area contributed by atoms with Crippen molar-refractivity contribution in [1.82, 2.24) is 19.7 Å². The molecule has 142 valence electrons. The van der Waals surface area contributed by atoms with Crippen LogP contribution in [0.15, 0.2) is 46.1 Å². The van der Waals surface area contributed by atoms with Gasteiger partial charge < -0.3 is 14.1 Å². The van der Waals surface area contributed by atoms with Gasteiger partial charge in [-0.3, -0.25) is 4.57 Å². The first-order valence-electron chi connectivity index (χ1n) is 9.20. The van der Waals surface area contributed by atoms with Crippen molar-refractivity contribution < 1.29 is 9.15 Å². The first-order valence-corrected chi connectivity index (χ1v) is 10.1. The molecule has 0 N–H and O–H groups in total. The fraction of sp³-hybridized carbons (Fsp3) is 0.421. The van der Waals surface area contributed by atoms with Gasteiger partial charge in [0, 0.05) is 25.2 Å². The molecule has 1 aliphatic heterocycles. The number of morpholine rings is 1. The number of nitrogens with zero attached hydrogens (tertiary/aromatic N) is 5. The van der Waals surface area contributed by atoms with Crippen molar-refractivity contribution in [2.45, 2.75) is 30.8 Å². The number of thioether (sulfide) groups is 1. The Morgan fingerprint density at radius 1 is 1.15 bits per heavy atom. The molecule has 0 aliphatic carbocycles. The Morgan fingerprint density at radius 3 is 2.67 bits per heavy atom. The van der Waals surface area contributed by atoms with Crippen molar-refractivity contribution in [1.29, 1.82) is 0 Å². The van der Waals surface area contributed by atoms with Crippen molar-refractivity contribution in [3.8, 4) is 11.3 Å². The van der Waals surface area contributed by atoms with Gasteiger partial charge in [0.05, 0.1) is 24.7 Å². The highest BCUT2D eigenvalue weighted by Gasteiger charge is 2.23. The number of oxazole rings is 1. The topological polar surface area (TPSA) is 69.2 Å². The number of hydrogen-bond acceptors (Lipinski definition) is 7. The van der Waals surface area contributed by atoms with Gasteiger partial charge in [-0.25, -0.2) is 4.98 Å². The third-order valence-corrected chi connectivity index (χ3v) is 5.59. The SMILES string of the molecule is CCn1c(SC(C)c2ncc(-c3ccccc3)o2)nnc1N1CCOCC1. The summed E-state index contributed by atoms with van der Waals surface area (Å²) in [5.41, 5.74) is 1.03. The number of anilines is 1. The molecule has 7 nitrogen and oxygen atoms in total. The Labute approximate surface area is 162 Å². The zero-order chi connectivity index (χ0) is 18.6. The van der Waals surface area contributed by atoms with E-state index in [0.717, 1.165) is 55.3 Å². The summed E-state index contributed by atoms with van der Waals surface area (Å²) in [6.45, 7) is 8.16. The Balaban J connectivity index is 1.50. The summed E-state index contributed by atoms with van der Waals surface area (Å²) in [6.07, 6.45) is 1.78. The van der Waals surface area contributed by atoms with Crippen LogP contribution in [0.25, 0.3) is 11.3 Å². The normalized spacial score (nSPS) is 15.9. The molecule has 1 atom stereocenters. The van der Waals surface area contributed by atoms with Gasteiger partial charge in [0.25, 0.3) is 0 Å². The zero-order valence-corrected chi connectivity index (χ0v) is 16.4. The first-order chi connectivity index (χ1) is 13.3. The summed E-state index contributed by atoms with van der Waals surface area (Å²) in [6, 6.07) is 10.0. The Morgan fingerprint density at radius 2 is 1.93 bits per heavy atom. The lowest BCUT2D eigenvalue weighted by Gasteiger charge is -2.27. The molecule has 1 aromatic carbocycles. The predicted molar refractivity (Wildman–Crippen MR) is 105 cm³/mol. The third kappa shape index (κ3) is 3.86. The highest BCUT2D eigenvalue weighted by Crippen LogP contribution is 2.36. The molecular weight excluding hydrogens is 362 g/mol. The molecule has 3 heterocycles. The molecular formula is C19H23N5O2S. The molecule has 8 heteroatoms. The standard InChI is InChI=1S/C19H23N5O2S/c1-3-24-18(23-9-11-25-12-10-23)21-22-19(24)27-14(2)17-20-13-16(26-17)15-7-5-4-6-8-15/h4-8,13-14H,3,9-12H2,1-2H3. The van der Waals surface area contributed by atoms with Crippen LogP contribution in [0.3, 0.4) is 0 Å². The zero-order valence-electron chi connectivity index (χ0n) is 15.5. The average Bonchev–Trinajstić information content (AvgIpc) is 3.36. The number of aromatic nitrogens is 4. The summed E-state index contributed by atoms with van der Waals surface area (Å²) in [4.78, 5) is 6.70. The summed E-state index contributed by atoms with van der Waals surface area (Å²) >= 11 is 1.62. The van der Waals surface area contributed by atoms with E-state index in [1.165, 1.54) is 0 Å². The molecule has 1 saturated heterocycles. The van der Waals surface area contributed by atoms with Crippen molar-refractivity contribution in [3.05, 3.63) is 42.4 Å². The van der Waals surface area contributed by atoms with Gasteiger partial charge in [0.2, 0.25) is 11.8 Å². The second kappa shape index (κ2) is 8.14. The van der Waals surface area contributed by atoms with Crippen LogP contribution in [0.2, 0.25) is 0 Å². The molecule has 2 aromatic heterocycles. The Hall–Kier alpha value is -2.32. The van der Waals surface area contributed by atoms with E-state index in [2.05, 4.69) is 38.5 Å². The van der Waals surface area contributed by atoms with Crippen LogP contribution in [0.1, 0.15) is 25.0 Å². The molecule has 27 heavy (non-hydrogen) atoms. The highest BCUT2D eigenvalue weighted by molar-refractivity contribution is 7.99. The average molecular weight is 385 g/mol. The second-order valence-electron chi connectivity index (χ2n) is 6.32. The quantitative estimate of drug-likeness (QED) is 0.600. The predicted octanol–water partition coefficient (Wildman–Crippen LogP) is 3.64. The van der Waals surface area contributed by atoms with Crippen molar-refractivity contribution >= 4 is 17.7 Å². The minimum atomic E-state index is 0.0366.